The van der Waals surface area contributed by atoms with E-state index in [1.165, 1.54) is 0 Å². The van der Waals surface area contributed by atoms with Gasteiger partial charge in [-0.2, -0.15) is 5.26 Å². The zero-order chi connectivity index (χ0) is 11.5. The summed E-state index contributed by atoms with van der Waals surface area (Å²) < 4.78 is 2.58. The minimum absolute atomic E-state index is 0.284. The highest BCUT2D eigenvalue weighted by molar-refractivity contribution is 9.10. The molecule has 0 fully saturated rings. The highest BCUT2D eigenvalue weighted by Gasteiger charge is 2.08. The monoisotopic (exact) mass is 296 g/mol. The SMILES string of the molecule is N#Cc1ccc(-n2cnnc2CCl)c(Br)c1. The molecule has 0 atom stereocenters. The lowest BCUT2D eigenvalue weighted by Crippen LogP contribution is -1.99. The van der Waals surface area contributed by atoms with E-state index in [0.29, 0.717) is 11.4 Å². The van der Waals surface area contributed by atoms with Crippen LogP contribution >= 0.6 is 27.5 Å². The number of rotatable bonds is 2. The topological polar surface area (TPSA) is 54.5 Å². The summed E-state index contributed by atoms with van der Waals surface area (Å²) in [5.41, 5.74) is 1.45. The molecule has 6 heteroatoms. The Labute approximate surface area is 106 Å². The van der Waals surface area contributed by atoms with E-state index in [-0.39, 0.29) is 5.88 Å². The third-order valence-corrected chi connectivity index (χ3v) is 2.95. The molecule has 1 aromatic carbocycles. The van der Waals surface area contributed by atoms with Crippen LogP contribution in [0.5, 0.6) is 0 Å². The summed E-state index contributed by atoms with van der Waals surface area (Å²) in [6, 6.07) is 7.37. The van der Waals surface area contributed by atoms with Crippen LogP contribution in [-0.2, 0) is 5.88 Å². The van der Waals surface area contributed by atoms with E-state index < -0.39 is 0 Å². The first-order valence-electron chi connectivity index (χ1n) is 4.41. The molecule has 0 aliphatic rings. The standard InChI is InChI=1S/C10H6BrClN4/c11-8-3-7(5-13)1-2-9(8)16-6-14-15-10(16)4-12/h1-3,6H,4H2. The molecule has 0 saturated heterocycles. The van der Waals surface area contributed by atoms with Crippen LogP contribution in [0.15, 0.2) is 29.0 Å². The number of hydrogen-bond donors (Lipinski definition) is 0. The molecule has 1 heterocycles. The van der Waals surface area contributed by atoms with E-state index in [1.807, 2.05) is 6.07 Å². The second kappa shape index (κ2) is 4.64. The van der Waals surface area contributed by atoms with Crippen LogP contribution in [0.3, 0.4) is 0 Å². The van der Waals surface area contributed by atoms with Crippen LogP contribution in [0, 0.1) is 11.3 Å². The van der Waals surface area contributed by atoms with Crippen LogP contribution in [0.2, 0.25) is 0 Å². The van der Waals surface area contributed by atoms with Crippen LogP contribution < -0.4 is 0 Å². The molecule has 16 heavy (non-hydrogen) atoms. The van der Waals surface area contributed by atoms with Crippen LogP contribution in [0.1, 0.15) is 11.4 Å². The lowest BCUT2D eigenvalue weighted by molar-refractivity contribution is 0.947. The maximum absolute atomic E-state index is 8.76. The van der Waals surface area contributed by atoms with Gasteiger partial charge < -0.3 is 0 Å². The first-order valence-corrected chi connectivity index (χ1v) is 5.74. The Kier molecular flexibility index (Phi) is 3.22. The summed E-state index contributed by atoms with van der Waals surface area (Å²) in [7, 11) is 0. The first kappa shape index (κ1) is 11.1. The van der Waals surface area contributed by atoms with Crippen molar-refractivity contribution >= 4 is 27.5 Å². The van der Waals surface area contributed by atoms with Crippen molar-refractivity contribution in [2.75, 3.05) is 0 Å². The number of hydrogen-bond acceptors (Lipinski definition) is 3. The van der Waals surface area contributed by atoms with Crippen molar-refractivity contribution in [3.63, 3.8) is 0 Å². The molecule has 1 aromatic heterocycles. The van der Waals surface area contributed by atoms with E-state index in [9.17, 15) is 0 Å². The third kappa shape index (κ3) is 1.94. The van der Waals surface area contributed by atoms with Crippen molar-refractivity contribution in [3.8, 4) is 11.8 Å². The fourth-order valence-electron chi connectivity index (χ4n) is 1.32. The minimum Gasteiger partial charge on any atom is -0.283 e. The molecule has 0 aliphatic carbocycles. The molecule has 4 nitrogen and oxygen atoms in total. The number of halogens is 2. The molecule has 0 amide bonds. The highest BCUT2D eigenvalue weighted by atomic mass is 79.9. The predicted molar refractivity (Wildman–Crippen MR) is 63.3 cm³/mol. The average Bonchev–Trinajstić information content (AvgIpc) is 2.76. The van der Waals surface area contributed by atoms with Gasteiger partial charge in [0.05, 0.1) is 23.2 Å². The second-order valence-corrected chi connectivity index (χ2v) is 4.15. The van der Waals surface area contributed by atoms with Crippen molar-refractivity contribution < 1.29 is 0 Å². The van der Waals surface area contributed by atoms with Crippen LogP contribution in [-0.4, -0.2) is 14.8 Å². The van der Waals surface area contributed by atoms with Crippen molar-refractivity contribution in [2.24, 2.45) is 0 Å². The Morgan fingerprint density at radius 1 is 1.50 bits per heavy atom. The second-order valence-electron chi connectivity index (χ2n) is 3.03. The molecule has 80 valence electrons. The summed E-state index contributed by atoms with van der Waals surface area (Å²) in [4.78, 5) is 0. The maximum Gasteiger partial charge on any atom is 0.152 e. The average molecular weight is 298 g/mol. The Morgan fingerprint density at radius 2 is 2.31 bits per heavy atom. The summed E-state index contributed by atoms with van der Waals surface area (Å²) in [6.45, 7) is 0. The number of alkyl halides is 1. The predicted octanol–water partition coefficient (Wildman–Crippen LogP) is 2.64. The zero-order valence-electron chi connectivity index (χ0n) is 8.06. The molecule has 2 aromatic rings. The quantitative estimate of drug-likeness (QED) is 0.801. The van der Waals surface area contributed by atoms with Crippen molar-refractivity contribution in [3.05, 3.63) is 40.4 Å². The Bertz CT molecular complexity index is 558. The van der Waals surface area contributed by atoms with E-state index in [0.717, 1.165) is 10.2 Å². The van der Waals surface area contributed by atoms with Crippen molar-refractivity contribution in [1.29, 1.82) is 5.26 Å². The van der Waals surface area contributed by atoms with E-state index in [1.54, 1.807) is 23.0 Å². The normalized spacial score (nSPS) is 10.1. The summed E-state index contributed by atoms with van der Waals surface area (Å²) >= 11 is 9.15. The Morgan fingerprint density at radius 3 is 2.94 bits per heavy atom. The van der Waals surface area contributed by atoms with E-state index in [2.05, 4.69) is 32.2 Å². The number of nitrogens with zero attached hydrogens (tertiary/aromatic N) is 4. The summed E-state index contributed by atoms with van der Waals surface area (Å²) in [5, 5.41) is 16.4. The van der Waals surface area contributed by atoms with Gasteiger partial charge in [0.2, 0.25) is 0 Å². The molecule has 0 spiro atoms. The largest absolute Gasteiger partial charge is 0.283 e. The molecule has 2 rings (SSSR count). The zero-order valence-corrected chi connectivity index (χ0v) is 10.4. The summed E-state index contributed by atoms with van der Waals surface area (Å²) in [5.74, 6) is 0.943. The van der Waals surface area contributed by atoms with E-state index >= 15 is 0 Å². The summed E-state index contributed by atoms with van der Waals surface area (Å²) in [6.07, 6.45) is 1.59. The maximum atomic E-state index is 8.76. The smallest absolute Gasteiger partial charge is 0.152 e. The van der Waals surface area contributed by atoms with Crippen LogP contribution in [0.4, 0.5) is 0 Å². The molecule has 0 saturated carbocycles. The van der Waals surface area contributed by atoms with Crippen molar-refractivity contribution in [1.82, 2.24) is 14.8 Å². The van der Waals surface area contributed by atoms with Gasteiger partial charge in [0.25, 0.3) is 0 Å². The third-order valence-electron chi connectivity index (χ3n) is 2.07. The lowest BCUT2D eigenvalue weighted by atomic mass is 10.2. The van der Waals surface area contributed by atoms with Gasteiger partial charge in [-0.25, -0.2) is 0 Å². The molecule has 0 radical (unpaired) electrons. The van der Waals surface area contributed by atoms with Gasteiger partial charge in [0, 0.05) is 4.47 Å². The van der Waals surface area contributed by atoms with Gasteiger partial charge in [-0.05, 0) is 34.1 Å². The van der Waals surface area contributed by atoms with E-state index in [4.69, 9.17) is 16.9 Å². The molecule has 0 N–H and O–H groups in total. The minimum atomic E-state index is 0.284. The van der Waals surface area contributed by atoms with Gasteiger partial charge in [0.1, 0.15) is 6.33 Å². The Balaban J connectivity index is 2.53. The van der Waals surface area contributed by atoms with Gasteiger partial charge in [-0.1, -0.05) is 0 Å². The highest BCUT2D eigenvalue weighted by Crippen LogP contribution is 2.23. The lowest BCUT2D eigenvalue weighted by Gasteiger charge is -2.07. The molecule has 0 unspecified atom stereocenters. The van der Waals surface area contributed by atoms with Crippen LogP contribution in [0.25, 0.3) is 5.69 Å². The fraction of sp³-hybridized carbons (Fsp3) is 0.100. The van der Waals surface area contributed by atoms with Gasteiger partial charge in [-0.3, -0.25) is 4.57 Å². The first-order chi connectivity index (χ1) is 7.76. The Hall–Kier alpha value is -1.38. The van der Waals surface area contributed by atoms with Gasteiger partial charge >= 0.3 is 0 Å². The molecule has 0 bridgehead atoms. The molecule has 0 aliphatic heterocycles. The molecular formula is C10H6BrClN4. The number of nitriles is 1. The number of benzene rings is 1. The molecular weight excluding hydrogens is 291 g/mol. The van der Waals surface area contributed by atoms with Crippen molar-refractivity contribution in [2.45, 2.75) is 5.88 Å². The number of aromatic nitrogens is 3. The fourth-order valence-corrected chi connectivity index (χ4v) is 2.08. The van der Waals surface area contributed by atoms with Gasteiger partial charge in [0.15, 0.2) is 5.82 Å². The van der Waals surface area contributed by atoms with Gasteiger partial charge in [-0.15, -0.1) is 21.8 Å².